The van der Waals surface area contributed by atoms with Crippen LogP contribution in [0.3, 0.4) is 0 Å². The van der Waals surface area contributed by atoms with Gasteiger partial charge in [0.05, 0.1) is 12.3 Å². The molecule has 1 aromatic carbocycles. The molecule has 0 saturated heterocycles. The summed E-state index contributed by atoms with van der Waals surface area (Å²) in [6, 6.07) is 4.29. The monoisotopic (exact) mass is 294 g/mol. The van der Waals surface area contributed by atoms with Crippen molar-refractivity contribution in [2.75, 3.05) is 37.6 Å². The Balaban J connectivity index is 2.22. The molecule has 0 radical (unpaired) electrons. The van der Waals surface area contributed by atoms with Crippen LogP contribution in [0.2, 0.25) is 0 Å². The van der Waals surface area contributed by atoms with Gasteiger partial charge < -0.3 is 19.9 Å². The second-order valence-corrected chi connectivity index (χ2v) is 4.58. The molecule has 0 aromatic heterocycles. The molecule has 21 heavy (non-hydrogen) atoms. The molecule has 0 bridgehead atoms. The van der Waals surface area contributed by atoms with Gasteiger partial charge in [-0.15, -0.1) is 0 Å². The van der Waals surface area contributed by atoms with Crippen LogP contribution in [0.4, 0.5) is 11.4 Å². The van der Waals surface area contributed by atoms with Gasteiger partial charge in [0.15, 0.2) is 6.61 Å². The second-order valence-electron chi connectivity index (χ2n) is 4.58. The summed E-state index contributed by atoms with van der Waals surface area (Å²) >= 11 is 0. The van der Waals surface area contributed by atoms with Crippen LogP contribution in [0.1, 0.15) is 6.92 Å². The Morgan fingerprint density at radius 2 is 2.24 bits per heavy atom. The number of para-hydroxylation sites is 1. The van der Waals surface area contributed by atoms with Crippen molar-refractivity contribution in [2.24, 2.45) is 0 Å². The highest BCUT2D eigenvalue weighted by molar-refractivity contribution is 6.05. The lowest BCUT2D eigenvalue weighted by Gasteiger charge is -2.33. The van der Waals surface area contributed by atoms with Crippen LogP contribution in [0, 0.1) is 0 Å². The fourth-order valence-corrected chi connectivity index (χ4v) is 2.11. The van der Waals surface area contributed by atoms with Gasteiger partial charge in [-0.2, -0.15) is 0 Å². The van der Waals surface area contributed by atoms with Crippen LogP contribution >= 0.6 is 0 Å². The first kappa shape index (κ1) is 15.1. The molecule has 1 aliphatic heterocycles. The highest BCUT2D eigenvalue weighted by atomic mass is 16.6. The summed E-state index contributed by atoms with van der Waals surface area (Å²) in [5.41, 5.74) is 6.69. The van der Waals surface area contributed by atoms with Crippen molar-refractivity contribution in [1.82, 2.24) is 0 Å². The Morgan fingerprint density at radius 1 is 1.48 bits per heavy atom. The maximum absolute atomic E-state index is 12.1. The molecule has 114 valence electrons. The number of ether oxygens (including phenoxy) is 3. The molecule has 1 unspecified atom stereocenters. The summed E-state index contributed by atoms with van der Waals surface area (Å²) in [6.45, 7) is 1.89. The van der Waals surface area contributed by atoms with E-state index in [-0.39, 0.29) is 19.1 Å². The van der Waals surface area contributed by atoms with Crippen molar-refractivity contribution in [2.45, 2.75) is 13.0 Å². The topological polar surface area (TPSA) is 91.1 Å². The normalized spacial score (nSPS) is 15.1. The van der Waals surface area contributed by atoms with E-state index in [9.17, 15) is 9.59 Å². The summed E-state index contributed by atoms with van der Waals surface area (Å²) in [5.74, 6) is -0.376. The molecule has 0 spiro atoms. The van der Waals surface area contributed by atoms with Crippen molar-refractivity contribution in [3.05, 3.63) is 18.2 Å². The summed E-state index contributed by atoms with van der Waals surface area (Å²) in [4.78, 5) is 25.5. The molecule has 2 N–H and O–H groups in total. The third kappa shape index (κ3) is 3.08. The molecular formula is C14H18N2O5. The quantitative estimate of drug-likeness (QED) is 0.485. The number of anilines is 2. The molecule has 0 saturated carbocycles. The number of carbonyl (C=O) groups excluding carboxylic acids is 2. The average molecular weight is 294 g/mol. The maximum atomic E-state index is 12.1. The minimum absolute atomic E-state index is 0.133. The Kier molecular flexibility index (Phi) is 4.64. The number of carbonyl (C=O) groups is 2. The van der Waals surface area contributed by atoms with Crippen LogP contribution in [-0.2, 0) is 19.1 Å². The van der Waals surface area contributed by atoms with Gasteiger partial charge in [0.2, 0.25) is 0 Å². The minimum atomic E-state index is -0.790. The molecular weight excluding hydrogens is 276 g/mol. The zero-order chi connectivity index (χ0) is 15.4. The number of hydrogen-bond acceptors (Lipinski definition) is 6. The van der Waals surface area contributed by atoms with E-state index < -0.39 is 12.0 Å². The average Bonchev–Trinajstić information content (AvgIpc) is 2.47. The fraction of sp³-hybridized carbons (Fsp3) is 0.429. The van der Waals surface area contributed by atoms with E-state index in [2.05, 4.69) is 0 Å². The molecule has 1 aromatic rings. The number of hydrogen-bond donors (Lipinski definition) is 1. The van der Waals surface area contributed by atoms with E-state index in [1.54, 1.807) is 25.1 Å². The molecule has 1 heterocycles. The van der Waals surface area contributed by atoms with Crippen LogP contribution in [0.25, 0.3) is 0 Å². The van der Waals surface area contributed by atoms with Gasteiger partial charge in [-0.1, -0.05) is 6.07 Å². The van der Waals surface area contributed by atoms with Crippen molar-refractivity contribution >= 4 is 23.3 Å². The first-order valence-electron chi connectivity index (χ1n) is 6.55. The highest BCUT2D eigenvalue weighted by Gasteiger charge is 2.35. The minimum Gasteiger partial charge on any atom is -0.481 e. The molecule has 1 atom stereocenters. The van der Waals surface area contributed by atoms with E-state index in [1.807, 2.05) is 0 Å². The Morgan fingerprint density at radius 3 is 2.95 bits per heavy atom. The number of nitrogens with zero attached hydrogens (tertiary/aromatic N) is 1. The standard InChI is InChI=1S/C14H18N2O5/c1-9(14(18)20-7-6-19-2)16-12(17)8-21-11-5-3-4-10(15)13(11)16/h3-5,9H,6-8,15H2,1-2H3. The van der Waals surface area contributed by atoms with Gasteiger partial charge in [0.25, 0.3) is 5.91 Å². The van der Waals surface area contributed by atoms with Crippen LogP contribution in [-0.4, -0.2) is 44.8 Å². The lowest BCUT2D eigenvalue weighted by Crippen LogP contribution is -2.49. The number of nitrogen functional groups attached to an aromatic ring is 1. The van der Waals surface area contributed by atoms with Crippen molar-refractivity contribution in [1.29, 1.82) is 0 Å². The van der Waals surface area contributed by atoms with Crippen LogP contribution in [0.15, 0.2) is 18.2 Å². The lowest BCUT2D eigenvalue weighted by molar-refractivity contribution is -0.147. The number of fused-ring (bicyclic) bond motifs is 1. The predicted molar refractivity (Wildman–Crippen MR) is 76.1 cm³/mol. The van der Waals surface area contributed by atoms with Gasteiger partial charge in [-0.25, -0.2) is 4.79 Å². The number of nitrogens with two attached hydrogens (primary N) is 1. The summed E-state index contributed by atoms with van der Waals surface area (Å²) in [5, 5.41) is 0. The number of rotatable bonds is 5. The zero-order valence-electron chi connectivity index (χ0n) is 12.0. The van der Waals surface area contributed by atoms with E-state index in [1.165, 1.54) is 12.0 Å². The Hall–Kier alpha value is -2.28. The SMILES string of the molecule is COCCOC(=O)C(C)N1C(=O)COc2cccc(N)c21. The summed E-state index contributed by atoms with van der Waals surface area (Å²) in [6.07, 6.45) is 0. The zero-order valence-corrected chi connectivity index (χ0v) is 12.0. The first-order chi connectivity index (χ1) is 10.1. The van der Waals surface area contributed by atoms with Gasteiger partial charge in [-0.3, -0.25) is 9.69 Å². The molecule has 7 nitrogen and oxygen atoms in total. The van der Waals surface area contributed by atoms with Gasteiger partial charge >= 0.3 is 5.97 Å². The third-order valence-electron chi connectivity index (χ3n) is 3.15. The second kappa shape index (κ2) is 6.45. The molecule has 1 aliphatic rings. The van der Waals surface area contributed by atoms with E-state index >= 15 is 0 Å². The Labute approximate surface area is 122 Å². The Bertz CT molecular complexity index is 546. The van der Waals surface area contributed by atoms with Crippen LogP contribution < -0.4 is 15.4 Å². The molecule has 0 aliphatic carbocycles. The van der Waals surface area contributed by atoms with Gasteiger partial charge in [0.1, 0.15) is 24.1 Å². The number of methoxy groups -OCH3 is 1. The molecule has 0 fully saturated rings. The summed E-state index contributed by atoms with van der Waals surface area (Å²) in [7, 11) is 1.51. The van der Waals surface area contributed by atoms with E-state index in [0.717, 1.165) is 0 Å². The largest absolute Gasteiger partial charge is 0.481 e. The maximum Gasteiger partial charge on any atom is 0.329 e. The van der Waals surface area contributed by atoms with Crippen molar-refractivity contribution in [3.8, 4) is 5.75 Å². The number of amides is 1. The van der Waals surface area contributed by atoms with E-state index in [4.69, 9.17) is 19.9 Å². The highest BCUT2D eigenvalue weighted by Crippen LogP contribution is 2.38. The van der Waals surface area contributed by atoms with Crippen molar-refractivity contribution in [3.63, 3.8) is 0 Å². The smallest absolute Gasteiger partial charge is 0.329 e. The summed E-state index contributed by atoms with van der Waals surface area (Å²) < 4.78 is 15.2. The third-order valence-corrected chi connectivity index (χ3v) is 3.15. The van der Waals surface area contributed by atoms with Gasteiger partial charge in [0, 0.05) is 7.11 Å². The van der Waals surface area contributed by atoms with Crippen molar-refractivity contribution < 1.29 is 23.8 Å². The van der Waals surface area contributed by atoms with Gasteiger partial charge in [-0.05, 0) is 19.1 Å². The fourth-order valence-electron chi connectivity index (χ4n) is 2.11. The predicted octanol–water partition coefficient (Wildman–Crippen LogP) is 0.572. The van der Waals surface area contributed by atoms with E-state index in [0.29, 0.717) is 23.7 Å². The molecule has 1 amide bonds. The number of esters is 1. The lowest BCUT2D eigenvalue weighted by atomic mass is 10.1. The number of benzene rings is 1. The molecule has 7 heteroatoms. The molecule has 2 rings (SSSR count). The van der Waals surface area contributed by atoms with Crippen LogP contribution in [0.5, 0.6) is 5.75 Å². The first-order valence-corrected chi connectivity index (χ1v) is 6.55.